The van der Waals surface area contributed by atoms with E-state index in [-0.39, 0.29) is 16.6 Å². The molecule has 0 saturated heterocycles. The van der Waals surface area contributed by atoms with Crippen LogP contribution in [0.25, 0.3) is 11.4 Å². The summed E-state index contributed by atoms with van der Waals surface area (Å²) in [6.07, 6.45) is 0. The number of thioether (sulfide) groups is 1. The molecule has 130 valence electrons. The van der Waals surface area contributed by atoms with Crippen molar-refractivity contribution < 1.29 is 4.79 Å². The molecular formula is C19H27N3OS. The van der Waals surface area contributed by atoms with Crippen molar-refractivity contribution in [3.63, 3.8) is 0 Å². The first-order chi connectivity index (χ1) is 11.0. The number of hydrogen-bond donors (Lipinski definition) is 0. The lowest BCUT2D eigenvalue weighted by molar-refractivity contribution is -0.123. The van der Waals surface area contributed by atoms with Crippen molar-refractivity contribution in [3.8, 4) is 11.4 Å². The molecule has 2 rings (SSSR count). The molecule has 0 saturated carbocycles. The zero-order valence-electron chi connectivity index (χ0n) is 15.7. The van der Waals surface area contributed by atoms with Crippen molar-refractivity contribution in [2.24, 2.45) is 12.5 Å². The summed E-state index contributed by atoms with van der Waals surface area (Å²) in [5, 5.41) is 9.31. The molecule has 0 spiro atoms. The molecule has 0 bridgehead atoms. The Morgan fingerprint density at radius 1 is 1.04 bits per heavy atom. The predicted molar refractivity (Wildman–Crippen MR) is 100 cm³/mol. The average molecular weight is 346 g/mol. The second-order valence-corrected chi connectivity index (χ2v) is 9.10. The van der Waals surface area contributed by atoms with Crippen molar-refractivity contribution >= 4 is 17.5 Å². The Morgan fingerprint density at radius 3 is 2.12 bits per heavy atom. The molecule has 1 heterocycles. The third-order valence-electron chi connectivity index (χ3n) is 4.01. The quantitative estimate of drug-likeness (QED) is 0.766. The molecule has 0 amide bonds. The van der Waals surface area contributed by atoms with Crippen LogP contribution < -0.4 is 0 Å². The van der Waals surface area contributed by atoms with Gasteiger partial charge >= 0.3 is 0 Å². The van der Waals surface area contributed by atoms with E-state index in [1.165, 1.54) is 17.3 Å². The van der Waals surface area contributed by atoms with E-state index in [0.717, 1.165) is 16.5 Å². The molecule has 0 aliphatic heterocycles. The summed E-state index contributed by atoms with van der Waals surface area (Å²) < 4.78 is 1.95. The molecule has 0 unspecified atom stereocenters. The van der Waals surface area contributed by atoms with Gasteiger partial charge in [0.25, 0.3) is 0 Å². The van der Waals surface area contributed by atoms with Gasteiger partial charge in [0.1, 0.15) is 5.78 Å². The minimum absolute atomic E-state index is 0.132. The van der Waals surface area contributed by atoms with Gasteiger partial charge in [0, 0.05) is 18.0 Å². The normalized spacial score (nSPS) is 12.5. The SMILES string of the molecule is Cn1c(SCC(=O)C(C)(C)C)nnc1-c1ccc(C(C)(C)C)cc1. The number of aromatic nitrogens is 3. The Morgan fingerprint density at radius 2 is 1.62 bits per heavy atom. The molecule has 24 heavy (non-hydrogen) atoms. The molecular weight excluding hydrogens is 318 g/mol. The van der Waals surface area contributed by atoms with Gasteiger partial charge in [-0.2, -0.15) is 0 Å². The van der Waals surface area contributed by atoms with Crippen molar-refractivity contribution in [1.29, 1.82) is 0 Å². The van der Waals surface area contributed by atoms with Crippen molar-refractivity contribution in [3.05, 3.63) is 29.8 Å². The minimum Gasteiger partial charge on any atom is -0.305 e. The van der Waals surface area contributed by atoms with Crippen LogP contribution in [-0.4, -0.2) is 26.3 Å². The standard InChI is InChI=1S/C19H27N3OS/c1-18(2,3)14-10-8-13(9-11-14)16-20-21-17(22(16)7)24-12-15(23)19(4,5)6/h8-11H,12H2,1-7H3. The molecule has 0 aliphatic rings. The Bertz CT molecular complexity index is 719. The number of nitrogens with zero attached hydrogens (tertiary/aromatic N) is 3. The third-order valence-corrected chi connectivity index (χ3v) is 5.03. The summed E-state index contributed by atoms with van der Waals surface area (Å²) in [5.41, 5.74) is 2.13. The molecule has 2 aromatic rings. The Labute approximate surface area is 149 Å². The lowest BCUT2D eigenvalue weighted by Crippen LogP contribution is -2.22. The van der Waals surface area contributed by atoms with E-state index < -0.39 is 0 Å². The molecule has 1 aromatic heterocycles. The maximum Gasteiger partial charge on any atom is 0.191 e. The summed E-state index contributed by atoms with van der Waals surface area (Å²) in [5.74, 6) is 1.45. The first-order valence-corrected chi connectivity index (χ1v) is 9.15. The molecule has 0 radical (unpaired) electrons. The number of hydrogen-bond acceptors (Lipinski definition) is 4. The molecule has 0 atom stereocenters. The second kappa shape index (κ2) is 6.71. The number of ketones is 1. The lowest BCUT2D eigenvalue weighted by atomic mass is 9.87. The van der Waals surface area contributed by atoms with Gasteiger partial charge in [-0.05, 0) is 11.0 Å². The summed E-state index contributed by atoms with van der Waals surface area (Å²) in [6, 6.07) is 8.44. The van der Waals surface area contributed by atoms with Gasteiger partial charge in [-0.25, -0.2) is 0 Å². The van der Waals surface area contributed by atoms with E-state index in [1.807, 2.05) is 32.4 Å². The first kappa shape index (κ1) is 18.7. The van der Waals surface area contributed by atoms with Crippen LogP contribution >= 0.6 is 11.8 Å². The van der Waals surface area contributed by atoms with E-state index in [0.29, 0.717) is 5.75 Å². The summed E-state index contributed by atoms with van der Waals surface area (Å²) >= 11 is 1.44. The van der Waals surface area contributed by atoms with Crippen molar-refractivity contribution in [2.75, 3.05) is 5.75 Å². The fraction of sp³-hybridized carbons (Fsp3) is 0.526. The highest BCUT2D eigenvalue weighted by Gasteiger charge is 2.22. The molecule has 1 aromatic carbocycles. The van der Waals surface area contributed by atoms with Crippen molar-refractivity contribution in [2.45, 2.75) is 52.1 Å². The average Bonchev–Trinajstić information content (AvgIpc) is 2.84. The van der Waals surface area contributed by atoms with Gasteiger partial charge in [0.15, 0.2) is 11.0 Å². The molecule has 0 fully saturated rings. The zero-order valence-corrected chi connectivity index (χ0v) is 16.5. The highest BCUT2D eigenvalue weighted by molar-refractivity contribution is 7.99. The first-order valence-electron chi connectivity index (χ1n) is 8.16. The number of benzene rings is 1. The van der Waals surface area contributed by atoms with E-state index in [4.69, 9.17) is 0 Å². The Kier molecular flexibility index (Phi) is 5.23. The summed E-state index contributed by atoms with van der Waals surface area (Å²) in [4.78, 5) is 12.1. The van der Waals surface area contributed by atoms with Crippen LogP contribution in [0.1, 0.15) is 47.1 Å². The Balaban J connectivity index is 2.16. The maximum absolute atomic E-state index is 12.1. The summed E-state index contributed by atoms with van der Waals surface area (Å²) in [7, 11) is 1.94. The topological polar surface area (TPSA) is 47.8 Å². The smallest absolute Gasteiger partial charge is 0.191 e. The Hall–Kier alpha value is -1.62. The predicted octanol–water partition coefficient (Wildman–Crippen LogP) is 4.49. The van der Waals surface area contributed by atoms with Gasteiger partial charge in [-0.1, -0.05) is 77.6 Å². The fourth-order valence-electron chi connectivity index (χ4n) is 2.16. The number of carbonyl (C=O) groups is 1. The number of Topliss-reactive ketones (excluding diaryl/α,β-unsaturated/α-hetero) is 1. The third kappa shape index (κ3) is 4.26. The van der Waals surface area contributed by atoms with Crippen LogP contribution in [0.2, 0.25) is 0 Å². The van der Waals surface area contributed by atoms with E-state index in [9.17, 15) is 4.79 Å². The van der Waals surface area contributed by atoms with Crippen LogP contribution in [0.5, 0.6) is 0 Å². The monoisotopic (exact) mass is 345 g/mol. The molecule has 5 heteroatoms. The van der Waals surface area contributed by atoms with E-state index in [2.05, 4.69) is 55.2 Å². The van der Waals surface area contributed by atoms with E-state index in [1.54, 1.807) is 0 Å². The molecule has 4 nitrogen and oxygen atoms in total. The van der Waals surface area contributed by atoms with Crippen LogP contribution in [-0.2, 0) is 17.3 Å². The lowest BCUT2D eigenvalue weighted by Gasteiger charge is -2.19. The van der Waals surface area contributed by atoms with Gasteiger partial charge in [0.2, 0.25) is 0 Å². The highest BCUT2D eigenvalue weighted by Crippen LogP contribution is 2.28. The second-order valence-electron chi connectivity index (χ2n) is 8.15. The van der Waals surface area contributed by atoms with Gasteiger partial charge in [0.05, 0.1) is 5.75 Å². The van der Waals surface area contributed by atoms with Crippen LogP contribution in [0.3, 0.4) is 0 Å². The van der Waals surface area contributed by atoms with Gasteiger partial charge in [-0.15, -0.1) is 10.2 Å². The molecule has 0 N–H and O–H groups in total. The zero-order chi connectivity index (χ0) is 18.1. The fourth-order valence-corrected chi connectivity index (χ4v) is 3.23. The largest absolute Gasteiger partial charge is 0.305 e. The van der Waals surface area contributed by atoms with Gasteiger partial charge < -0.3 is 4.57 Å². The van der Waals surface area contributed by atoms with Crippen LogP contribution in [0.4, 0.5) is 0 Å². The highest BCUT2D eigenvalue weighted by atomic mass is 32.2. The molecule has 0 aliphatic carbocycles. The minimum atomic E-state index is -0.322. The summed E-state index contributed by atoms with van der Waals surface area (Å²) in [6.45, 7) is 12.4. The van der Waals surface area contributed by atoms with Crippen molar-refractivity contribution in [1.82, 2.24) is 14.8 Å². The van der Waals surface area contributed by atoms with Gasteiger partial charge in [-0.3, -0.25) is 4.79 Å². The van der Waals surface area contributed by atoms with E-state index >= 15 is 0 Å². The van der Waals surface area contributed by atoms with Crippen LogP contribution in [0.15, 0.2) is 29.4 Å². The van der Waals surface area contributed by atoms with Crippen LogP contribution in [0, 0.1) is 5.41 Å². The number of carbonyl (C=O) groups excluding carboxylic acids is 1. The number of rotatable bonds is 4. The maximum atomic E-state index is 12.1.